The Bertz CT molecular complexity index is 1120. The van der Waals surface area contributed by atoms with Gasteiger partial charge >= 0.3 is 0 Å². The molecule has 1 atom stereocenters. The van der Waals surface area contributed by atoms with Crippen molar-refractivity contribution in [1.29, 1.82) is 0 Å². The molecule has 0 bridgehead atoms. The maximum absolute atomic E-state index is 12.7. The zero-order valence-corrected chi connectivity index (χ0v) is 18.3. The summed E-state index contributed by atoms with van der Waals surface area (Å²) < 4.78 is 27.8. The highest BCUT2D eigenvalue weighted by Crippen LogP contribution is 2.21. The number of anilines is 1. The van der Waals surface area contributed by atoms with E-state index in [1.807, 2.05) is 61.0 Å². The zero-order chi connectivity index (χ0) is 21.9. The van der Waals surface area contributed by atoms with Gasteiger partial charge in [-0.1, -0.05) is 29.8 Å². The van der Waals surface area contributed by atoms with E-state index in [0.29, 0.717) is 12.2 Å². The van der Waals surface area contributed by atoms with Gasteiger partial charge in [-0.05, 0) is 50.6 Å². The largest absolute Gasteiger partial charge is 0.350 e. The Morgan fingerprint density at radius 3 is 2.27 bits per heavy atom. The molecule has 0 aliphatic carbocycles. The number of hydrogen-bond donors (Lipinski definition) is 1. The number of aromatic nitrogens is 2. The van der Waals surface area contributed by atoms with Gasteiger partial charge in [-0.25, -0.2) is 13.4 Å². The molecule has 1 unspecified atom stereocenters. The van der Waals surface area contributed by atoms with Crippen LogP contribution in [0.4, 0.5) is 5.69 Å². The first-order valence-corrected chi connectivity index (χ1v) is 11.4. The second-order valence-corrected chi connectivity index (χ2v) is 9.16. The lowest BCUT2D eigenvalue weighted by atomic mass is 10.2. The average molecular weight is 427 g/mol. The maximum atomic E-state index is 12.7. The number of aryl methyl sites for hydroxylation is 2. The summed E-state index contributed by atoms with van der Waals surface area (Å²) in [6, 6.07) is 13.9. The standard InChI is InChI=1S/C22H26N4O3S/c1-16-5-9-21(10-6-16)26(30(4,28)29)17(2)22(27)24-15-19-7-11-20(12-8-19)25-14-13-23-18(25)3/h5-14,17H,15H2,1-4H3,(H,24,27). The van der Waals surface area contributed by atoms with E-state index >= 15 is 0 Å². The van der Waals surface area contributed by atoms with E-state index in [2.05, 4.69) is 10.3 Å². The Morgan fingerprint density at radius 2 is 1.73 bits per heavy atom. The van der Waals surface area contributed by atoms with Crippen LogP contribution >= 0.6 is 0 Å². The minimum absolute atomic E-state index is 0.303. The summed E-state index contributed by atoms with van der Waals surface area (Å²) in [5.41, 5.74) is 3.37. The molecule has 7 nitrogen and oxygen atoms in total. The number of nitrogens with one attached hydrogen (secondary N) is 1. The summed E-state index contributed by atoms with van der Waals surface area (Å²) >= 11 is 0. The second kappa shape index (κ2) is 8.71. The van der Waals surface area contributed by atoms with Gasteiger partial charge in [0.15, 0.2) is 0 Å². The monoisotopic (exact) mass is 426 g/mol. The molecule has 30 heavy (non-hydrogen) atoms. The minimum Gasteiger partial charge on any atom is -0.350 e. The Balaban J connectivity index is 1.69. The van der Waals surface area contributed by atoms with E-state index in [9.17, 15) is 13.2 Å². The summed E-state index contributed by atoms with van der Waals surface area (Å²) in [7, 11) is -3.63. The van der Waals surface area contributed by atoms with Gasteiger partial charge < -0.3 is 9.88 Å². The molecule has 1 amide bonds. The zero-order valence-electron chi connectivity index (χ0n) is 17.5. The van der Waals surface area contributed by atoms with Gasteiger partial charge in [-0.3, -0.25) is 9.10 Å². The van der Waals surface area contributed by atoms with Crippen LogP contribution in [-0.4, -0.2) is 36.2 Å². The predicted molar refractivity (Wildman–Crippen MR) is 118 cm³/mol. The van der Waals surface area contributed by atoms with E-state index in [1.165, 1.54) is 0 Å². The maximum Gasteiger partial charge on any atom is 0.243 e. The van der Waals surface area contributed by atoms with Gasteiger partial charge in [0.05, 0.1) is 11.9 Å². The highest BCUT2D eigenvalue weighted by Gasteiger charge is 2.28. The second-order valence-electron chi connectivity index (χ2n) is 7.30. The third kappa shape index (κ3) is 4.88. The number of benzene rings is 2. The van der Waals surface area contributed by atoms with Crippen LogP contribution in [0.25, 0.3) is 5.69 Å². The molecule has 3 rings (SSSR count). The quantitative estimate of drug-likeness (QED) is 0.630. The lowest BCUT2D eigenvalue weighted by Crippen LogP contribution is -2.47. The minimum atomic E-state index is -3.63. The van der Waals surface area contributed by atoms with Crippen molar-refractivity contribution in [3.8, 4) is 5.69 Å². The van der Waals surface area contributed by atoms with Crippen LogP contribution in [0.1, 0.15) is 23.9 Å². The van der Waals surface area contributed by atoms with Gasteiger partial charge in [0.1, 0.15) is 11.9 Å². The Morgan fingerprint density at radius 1 is 1.10 bits per heavy atom. The number of sulfonamides is 1. The number of hydrogen-bond acceptors (Lipinski definition) is 4. The third-order valence-electron chi connectivity index (χ3n) is 4.88. The molecule has 0 fully saturated rings. The molecule has 0 spiro atoms. The van der Waals surface area contributed by atoms with Gasteiger partial charge in [0.25, 0.3) is 0 Å². The summed E-state index contributed by atoms with van der Waals surface area (Å²) in [4.78, 5) is 16.9. The normalized spacial score (nSPS) is 12.4. The molecule has 0 saturated heterocycles. The Kier molecular flexibility index (Phi) is 6.26. The molecular formula is C22H26N4O3S. The van der Waals surface area contributed by atoms with Crippen LogP contribution in [0.2, 0.25) is 0 Å². The summed E-state index contributed by atoms with van der Waals surface area (Å²) in [6.07, 6.45) is 4.73. The van der Waals surface area contributed by atoms with Crippen molar-refractivity contribution in [3.63, 3.8) is 0 Å². The molecule has 0 radical (unpaired) electrons. The first kappa shape index (κ1) is 21.6. The van der Waals surface area contributed by atoms with Gasteiger partial charge in [0.2, 0.25) is 15.9 Å². The van der Waals surface area contributed by atoms with Crippen LogP contribution in [0.5, 0.6) is 0 Å². The number of carbonyl (C=O) groups excluding carboxylic acids is 1. The van der Waals surface area contributed by atoms with Crippen LogP contribution in [0, 0.1) is 13.8 Å². The predicted octanol–water partition coefficient (Wildman–Crippen LogP) is 2.96. The molecule has 1 aromatic heterocycles. The van der Waals surface area contributed by atoms with E-state index in [0.717, 1.165) is 33.2 Å². The highest BCUT2D eigenvalue weighted by molar-refractivity contribution is 7.92. The van der Waals surface area contributed by atoms with E-state index in [-0.39, 0.29) is 5.91 Å². The third-order valence-corrected chi connectivity index (χ3v) is 6.13. The fraction of sp³-hybridized carbons (Fsp3) is 0.273. The van der Waals surface area contributed by atoms with Gasteiger partial charge in [0, 0.05) is 24.6 Å². The van der Waals surface area contributed by atoms with E-state index in [1.54, 1.807) is 25.3 Å². The smallest absolute Gasteiger partial charge is 0.243 e. The number of imidazole rings is 1. The van der Waals surface area contributed by atoms with Crippen LogP contribution in [-0.2, 0) is 21.4 Å². The van der Waals surface area contributed by atoms with Crippen LogP contribution < -0.4 is 9.62 Å². The molecule has 3 aromatic rings. The molecule has 0 saturated carbocycles. The van der Waals surface area contributed by atoms with Crippen molar-refractivity contribution in [2.75, 3.05) is 10.6 Å². The first-order chi connectivity index (χ1) is 14.2. The van der Waals surface area contributed by atoms with Gasteiger partial charge in [-0.2, -0.15) is 0 Å². The number of amides is 1. The fourth-order valence-corrected chi connectivity index (χ4v) is 4.44. The topological polar surface area (TPSA) is 84.3 Å². The van der Waals surface area contributed by atoms with E-state index < -0.39 is 16.1 Å². The van der Waals surface area contributed by atoms with E-state index in [4.69, 9.17) is 0 Å². The lowest BCUT2D eigenvalue weighted by molar-refractivity contribution is -0.122. The average Bonchev–Trinajstić information content (AvgIpc) is 3.13. The van der Waals surface area contributed by atoms with Crippen LogP contribution in [0.15, 0.2) is 60.9 Å². The summed E-state index contributed by atoms with van der Waals surface area (Å²) in [5.74, 6) is 0.525. The fourth-order valence-electron chi connectivity index (χ4n) is 3.26. The molecule has 1 N–H and O–H groups in total. The van der Waals surface area contributed by atoms with Crippen molar-refractivity contribution in [1.82, 2.24) is 14.9 Å². The van der Waals surface area contributed by atoms with Crippen LogP contribution in [0.3, 0.4) is 0 Å². The molecule has 0 aliphatic heterocycles. The van der Waals surface area contributed by atoms with Crippen molar-refractivity contribution in [2.24, 2.45) is 0 Å². The molecule has 8 heteroatoms. The molecule has 158 valence electrons. The van der Waals surface area contributed by atoms with Gasteiger partial charge in [-0.15, -0.1) is 0 Å². The number of carbonyl (C=O) groups is 1. The highest BCUT2D eigenvalue weighted by atomic mass is 32.2. The molecule has 1 heterocycles. The number of rotatable bonds is 7. The van der Waals surface area contributed by atoms with Crippen molar-refractivity contribution in [3.05, 3.63) is 77.9 Å². The Labute approximate surface area is 177 Å². The molecular weight excluding hydrogens is 400 g/mol. The number of nitrogens with zero attached hydrogens (tertiary/aromatic N) is 3. The first-order valence-electron chi connectivity index (χ1n) is 9.60. The summed E-state index contributed by atoms with van der Waals surface area (Å²) in [6.45, 7) is 5.74. The Hall–Kier alpha value is -3.13. The summed E-state index contributed by atoms with van der Waals surface area (Å²) in [5, 5.41) is 2.83. The molecule has 2 aromatic carbocycles. The van der Waals surface area contributed by atoms with Crippen molar-refractivity contribution >= 4 is 21.6 Å². The SMILES string of the molecule is Cc1ccc(N(C(C)C(=O)NCc2ccc(-n3ccnc3C)cc2)S(C)(=O)=O)cc1. The lowest BCUT2D eigenvalue weighted by Gasteiger charge is -2.28. The van der Waals surface area contributed by atoms with Crippen molar-refractivity contribution in [2.45, 2.75) is 33.4 Å². The molecule has 0 aliphatic rings. The van der Waals surface area contributed by atoms with Crippen molar-refractivity contribution < 1.29 is 13.2 Å².